The SMILES string of the molecule is CC(CCC(N1CCCCC1)n1c(=O)c(-c2cccc(C(=N)N)c2)nc2ccccc21)CN(C)C. The summed E-state index contributed by atoms with van der Waals surface area (Å²) in [5.74, 6) is 0.516. The molecule has 1 aliphatic rings. The summed E-state index contributed by atoms with van der Waals surface area (Å²) in [5.41, 5.74) is 9.03. The number of likely N-dealkylation sites (tertiary alicyclic amines) is 1. The zero-order valence-electron chi connectivity index (χ0n) is 21.2. The molecule has 7 nitrogen and oxygen atoms in total. The van der Waals surface area contributed by atoms with Crippen LogP contribution in [0.4, 0.5) is 0 Å². The second-order valence-electron chi connectivity index (χ2n) is 10.1. The Morgan fingerprint density at radius 3 is 2.54 bits per heavy atom. The van der Waals surface area contributed by atoms with Crippen LogP contribution < -0.4 is 11.3 Å². The molecule has 1 fully saturated rings. The van der Waals surface area contributed by atoms with Gasteiger partial charge >= 0.3 is 0 Å². The van der Waals surface area contributed by atoms with Gasteiger partial charge in [0, 0.05) is 30.8 Å². The van der Waals surface area contributed by atoms with Crippen LogP contribution in [0.5, 0.6) is 0 Å². The molecule has 1 aromatic heterocycles. The summed E-state index contributed by atoms with van der Waals surface area (Å²) in [4.78, 5) is 23.7. The molecule has 7 heteroatoms. The summed E-state index contributed by atoms with van der Waals surface area (Å²) in [6.07, 6.45) is 5.50. The molecular weight excluding hydrogens is 436 g/mol. The number of nitrogens with one attached hydrogen (secondary N) is 1. The lowest BCUT2D eigenvalue weighted by molar-refractivity contribution is 0.0990. The second-order valence-corrected chi connectivity index (χ2v) is 10.1. The molecular formula is C28H38N6O. The van der Waals surface area contributed by atoms with Crippen molar-refractivity contribution in [3.05, 3.63) is 64.4 Å². The van der Waals surface area contributed by atoms with E-state index in [4.69, 9.17) is 16.1 Å². The van der Waals surface area contributed by atoms with Crippen molar-refractivity contribution in [2.75, 3.05) is 33.7 Å². The van der Waals surface area contributed by atoms with Crippen molar-refractivity contribution in [2.45, 2.75) is 45.2 Å². The Kier molecular flexibility index (Phi) is 7.98. The Morgan fingerprint density at radius 1 is 1.09 bits per heavy atom. The number of hydrogen-bond acceptors (Lipinski definition) is 5. The first-order chi connectivity index (χ1) is 16.8. The highest BCUT2D eigenvalue weighted by molar-refractivity contribution is 5.96. The van der Waals surface area contributed by atoms with Crippen molar-refractivity contribution >= 4 is 16.9 Å². The Balaban J connectivity index is 1.85. The summed E-state index contributed by atoms with van der Waals surface area (Å²) in [7, 11) is 4.22. The van der Waals surface area contributed by atoms with E-state index in [9.17, 15) is 4.79 Å². The molecule has 3 aromatic rings. The van der Waals surface area contributed by atoms with Crippen LogP contribution in [0, 0.1) is 11.3 Å². The van der Waals surface area contributed by atoms with Crippen LogP contribution in [-0.4, -0.2) is 58.9 Å². The van der Waals surface area contributed by atoms with Crippen LogP contribution in [0.25, 0.3) is 22.3 Å². The highest BCUT2D eigenvalue weighted by atomic mass is 16.1. The van der Waals surface area contributed by atoms with Gasteiger partial charge in [-0.05, 0) is 63.9 Å². The third kappa shape index (κ3) is 5.80. The van der Waals surface area contributed by atoms with E-state index in [-0.39, 0.29) is 17.6 Å². The molecule has 186 valence electrons. The van der Waals surface area contributed by atoms with Gasteiger partial charge in [0.15, 0.2) is 0 Å². The predicted molar refractivity (Wildman–Crippen MR) is 144 cm³/mol. The van der Waals surface area contributed by atoms with Gasteiger partial charge in [0.2, 0.25) is 0 Å². The van der Waals surface area contributed by atoms with E-state index in [0.29, 0.717) is 22.7 Å². The van der Waals surface area contributed by atoms with E-state index in [2.05, 4.69) is 30.8 Å². The third-order valence-corrected chi connectivity index (χ3v) is 6.95. The number of piperidine rings is 1. The number of fused-ring (bicyclic) bond motifs is 1. The second kappa shape index (κ2) is 11.1. The van der Waals surface area contributed by atoms with Crippen LogP contribution in [0.2, 0.25) is 0 Å². The van der Waals surface area contributed by atoms with Gasteiger partial charge in [-0.2, -0.15) is 0 Å². The predicted octanol–water partition coefficient (Wildman–Crippen LogP) is 4.31. The van der Waals surface area contributed by atoms with E-state index in [0.717, 1.165) is 56.4 Å². The number of aromatic nitrogens is 2. The average molecular weight is 475 g/mol. The number of nitrogens with two attached hydrogens (primary N) is 1. The van der Waals surface area contributed by atoms with Gasteiger partial charge in [-0.1, -0.05) is 43.7 Å². The van der Waals surface area contributed by atoms with Crippen LogP contribution in [0.15, 0.2) is 53.3 Å². The number of rotatable bonds is 9. The monoisotopic (exact) mass is 474 g/mol. The van der Waals surface area contributed by atoms with Gasteiger partial charge in [0.25, 0.3) is 5.56 Å². The van der Waals surface area contributed by atoms with Crippen molar-refractivity contribution in [2.24, 2.45) is 11.7 Å². The van der Waals surface area contributed by atoms with E-state index in [1.54, 1.807) is 12.1 Å². The van der Waals surface area contributed by atoms with Crippen LogP contribution in [-0.2, 0) is 0 Å². The molecule has 2 unspecified atom stereocenters. The third-order valence-electron chi connectivity index (χ3n) is 6.95. The molecule has 0 bridgehead atoms. The van der Waals surface area contributed by atoms with Crippen molar-refractivity contribution in [3.8, 4) is 11.3 Å². The number of nitrogens with zero attached hydrogens (tertiary/aromatic N) is 4. The smallest absolute Gasteiger partial charge is 0.278 e. The van der Waals surface area contributed by atoms with Crippen LogP contribution in [0.3, 0.4) is 0 Å². The summed E-state index contributed by atoms with van der Waals surface area (Å²) in [5, 5.41) is 7.83. The van der Waals surface area contributed by atoms with Gasteiger partial charge in [0.1, 0.15) is 11.5 Å². The minimum atomic E-state index is -0.0831. The molecule has 0 saturated carbocycles. The van der Waals surface area contributed by atoms with Gasteiger partial charge < -0.3 is 10.6 Å². The molecule has 1 aliphatic heterocycles. The molecule has 4 rings (SSSR count). The fourth-order valence-electron chi connectivity index (χ4n) is 5.31. The normalized spacial score (nSPS) is 16.5. The number of para-hydroxylation sites is 2. The van der Waals surface area contributed by atoms with Gasteiger partial charge in [-0.3, -0.25) is 19.7 Å². The van der Waals surface area contributed by atoms with E-state index < -0.39 is 0 Å². The Bertz CT molecular complexity index is 1230. The first kappa shape index (κ1) is 25.1. The summed E-state index contributed by atoms with van der Waals surface area (Å²) >= 11 is 0. The van der Waals surface area contributed by atoms with Crippen molar-refractivity contribution in [3.63, 3.8) is 0 Å². The zero-order valence-corrected chi connectivity index (χ0v) is 21.2. The minimum Gasteiger partial charge on any atom is -0.384 e. The first-order valence-corrected chi connectivity index (χ1v) is 12.7. The lowest BCUT2D eigenvalue weighted by Gasteiger charge is -2.37. The topological polar surface area (TPSA) is 91.2 Å². The maximum absolute atomic E-state index is 14.2. The van der Waals surface area contributed by atoms with E-state index >= 15 is 0 Å². The summed E-state index contributed by atoms with van der Waals surface area (Å²) in [6, 6.07) is 15.2. The molecule has 0 spiro atoms. The molecule has 2 atom stereocenters. The van der Waals surface area contributed by atoms with E-state index in [1.165, 1.54) is 6.42 Å². The molecule has 3 N–H and O–H groups in total. The van der Waals surface area contributed by atoms with E-state index in [1.807, 2.05) is 41.0 Å². The summed E-state index contributed by atoms with van der Waals surface area (Å²) in [6.45, 7) is 5.33. The van der Waals surface area contributed by atoms with Crippen molar-refractivity contribution in [1.29, 1.82) is 5.41 Å². The molecule has 0 radical (unpaired) electrons. The molecule has 0 amide bonds. The maximum Gasteiger partial charge on any atom is 0.278 e. The first-order valence-electron chi connectivity index (χ1n) is 12.7. The number of hydrogen-bond donors (Lipinski definition) is 2. The van der Waals surface area contributed by atoms with Crippen LogP contribution in [0.1, 0.15) is 50.8 Å². The highest BCUT2D eigenvalue weighted by Crippen LogP contribution is 2.29. The highest BCUT2D eigenvalue weighted by Gasteiger charge is 2.27. The quantitative estimate of drug-likeness (QED) is 0.356. The van der Waals surface area contributed by atoms with Gasteiger partial charge in [0.05, 0.1) is 17.2 Å². The van der Waals surface area contributed by atoms with Gasteiger partial charge in [-0.25, -0.2) is 4.98 Å². The molecule has 2 aromatic carbocycles. The fourth-order valence-corrected chi connectivity index (χ4v) is 5.31. The Labute approximate surface area is 208 Å². The standard InChI is InChI=1S/C28H38N6O/c1-20(19-32(2)3)14-15-25(33-16-7-4-8-17-33)34-24-13-6-5-12-23(24)31-26(28(34)35)21-10-9-11-22(18-21)27(29)30/h5-6,9-13,18,20,25H,4,7-8,14-17,19H2,1-3H3,(H3,29,30). The van der Waals surface area contributed by atoms with Crippen LogP contribution >= 0.6 is 0 Å². The number of amidine groups is 1. The molecule has 2 heterocycles. The number of benzene rings is 2. The molecule has 35 heavy (non-hydrogen) atoms. The van der Waals surface area contributed by atoms with Gasteiger partial charge in [-0.15, -0.1) is 0 Å². The largest absolute Gasteiger partial charge is 0.384 e. The zero-order chi connectivity index (χ0) is 24.9. The Morgan fingerprint density at radius 2 is 1.83 bits per heavy atom. The lowest BCUT2D eigenvalue weighted by atomic mass is 10.0. The molecule has 1 saturated heterocycles. The van der Waals surface area contributed by atoms with Crippen molar-refractivity contribution in [1.82, 2.24) is 19.4 Å². The van der Waals surface area contributed by atoms with Crippen molar-refractivity contribution < 1.29 is 0 Å². The average Bonchev–Trinajstić information content (AvgIpc) is 2.85. The fraction of sp³-hybridized carbons (Fsp3) is 0.464. The summed E-state index contributed by atoms with van der Waals surface area (Å²) < 4.78 is 1.99. The Hall–Kier alpha value is -3.03. The lowest BCUT2D eigenvalue weighted by Crippen LogP contribution is -2.42. The molecule has 0 aliphatic carbocycles. The maximum atomic E-state index is 14.2. The number of nitrogen functional groups attached to an aromatic ring is 1. The minimum absolute atomic E-state index is 0.0185.